The summed E-state index contributed by atoms with van der Waals surface area (Å²) in [5.41, 5.74) is 5.93. The van der Waals surface area contributed by atoms with Gasteiger partial charge >= 0.3 is 6.03 Å². The summed E-state index contributed by atoms with van der Waals surface area (Å²) in [5, 5.41) is 5.33. The van der Waals surface area contributed by atoms with Gasteiger partial charge in [-0.15, -0.1) is 6.58 Å². The van der Waals surface area contributed by atoms with Crippen molar-refractivity contribution in [3.63, 3.8) is 0 Å². The number of hydrogen-bond acceptors (Lipinski definition) is 4. The summed E-state index contributed by atoms with van der Waals surface area (Å²) in [6.07, 6.45) is 3.24. The predicted octanol–water partition coefficient (Wildman–Crippen LogP) is -0.649. The predicted molar refractivity (Wildman–Crippen MR) is 96.9 cm³/mol. The van der Waals surface area contributed by atoms with Crippen molar-refractivity contribution in [1.82, 2.24) is 20.4 Å². The maximum Gasteiger partial charge on any atom is 0.315 e. The Morgan fingerprint density at radius 1 is 1.31 bits per heavy atom. The lowest BCUT2D eigenvalue weighted by Gasteiger charge is -2.26. The molecule has 1 aliphatic heterocycles. The molecule has 1 rings (SSSR count). The van der Waals surface area contributed by atoms with Crippen LogP contribution >= 0.6 is 0 Å². The highest BCUT2D eigenvalue weighted by Crippen LogP contribution is 2.21. The van der Waals surface area contributed by atoms with Gasteiger partial charge in [0.25, 0.3) is 0 Å². The van der Waals surface area contributed by atoms with Crippen molar-refractivity contribution >= 4 is 23.8 Å². The van der Waals surface area contributed by atoms with Gasteiger partial charge in [0, 0.05) is 26.2 Å². The van der Waals surface area contributed by atoms with E-state index in [0.29, 0.717) is 6.54 Å². The molecule has 9 heteroatoms. The zero-order valence-corrected chi connectivity index (χ0v) is 15.4. The molecule has 2 atom stereocenters. The minimum Gasteiger partial charge on any atom is -0.368 e. The summed E-state index contributed by atoms with van der Waals surface area (Å²) in [6.45, 7) is 7.35. The number of allylic oxidation sites excluding steroid dienone is 1. The van der Waals surface area contributed by atoms with E-state index in [0.717, 1.165) is 5.57 Å². The highest BCUT2D eigenvalue weighted by Gasteiger charge is 2.40. The van der Waals surface area contributed by atoms with Gasteiger partial charge in [0.05, 0.1) is 12.6 Å². The Kier molecular flexibility index (Phi) is 7.82. The van der Waals surface area contributed by atoms with Crippen LogP contribution in [0, 0.1) is 0 Å². The fraction of sp³-hybridized carbons (Fsp3) is 0.529. The van der Waals surface area contributed by atoms with Crippen molar-refractivity contribution in [3.05, 3.63) is 24.3 Å². The molecule has 1 saturated heterocycles. The quantitative estimate of drug-likeness (QED) is 0.409. The van der Waals surface area contributed by atoms with E-state index >= 15 is 0 Å². The fourth-order valence-corrected chi connectivity index (χ4v) is 2.72. The zero-order valence-electron chi connectivity index (χ0n) is 15.4. The van der Waals surface area contributed by atoms with Crippen LogP contribution in [-0.4, -0.2) is 72.3 Å². The largest absolute Gasteiger partial charge is 0.368 e. The second-order valence-electron chi connectivity index (χ2n) is 6.46. The average Bonchev–Trinajstić information content (AvgIpc) is 2.94. The van der Waals surface area contributed by atoms with Gasteiger partial charge in [-0.1, -0.05) is 11.6 Å². The van der Waals surface area contributed by atoms with Crippen molar-refractivity contribution in [1.29, 1.82) is 0 Å². The van der Waals surface area contributed by atoms with Gasteiger partial charge in [0.15, 0.2) is 0 Å². The Morgan fingerprint density at radius 3 is 2.50 bits per heavy atom. The third-order valence-corrected chi connectivity index (χ3v) is 3.79. The smallest absolute Gasteiger partial charge is 0.315 e. The van der Waals surface area contributed by atoms with E-state index < -0.39 is 23.9 Å². The lowest BCUT2D eigenvalue weighted by atomic mass is 10.1. The highest BCUT2D eigenvalue weighted by molar-refractivity contribution is 5.95. The third-order valence-electron chi connectivity index (χ3n) is 3.79. The Bertz CT molecular complexity index is 612. The summed E-state index contributed by atoms with van der Waals surface area (Å²) in [4.78, 5) is 50.6. The van der Waals surface area contributed by atoms with Crippen LogP contribution in [0.15, 0.2) is 24.3 Å². The number of likely N-dealkylation sites (tertiary alicyclic amines) is 1. The SMILES string of the molecule is C=CCNC(=O)NC1CC(C(=O)N(C)CC(N)=O)N(C(=O)C=C(C)C)C1. The molecule has 1 aliphatic rings. The molecule has 0 aliphatic carbocycles. The number of likely N-dealkylation sites (N-methyl/N-ethyl adjacent to an activating group) is 1. The maximum absolute atomic E-state index is 12.6. The Labute approximate surface area is 153 Å². The number of rotatable bonds is 7. The zero-order chi connectivity index (χ0) is 19.9. The number of amides is 5. The summed E-state index contributed by atoms with van der Waals surface area (Å²) in [7, 11) is 1.45. The minimum atomic E-state index is -0.771. The number of carbonyl (C=O) groups excluding carboxylic acids is 4. The molecule has 0 radical (unpaired) electrons. The van der Waals surface area contributed by atoms with E-state index in [1.807, 2.05) is 0 Å². The molecule has 9 nitrogen and oxygen atoms in total. The molecule has 0 spiro atoms. The number of nitrogens with zero attached hydrogens (tertiary/aromatic N) is 2. The molecule has 4 N–H and O–H groups in total. The van der Waals surface area contributed by atoms with Crippen LogP contribution in [0.1, 0.15) is 20.3 Å². The van der Waals surface area contributed by atoms with E-state index in [1.165, 1.54) is 22.9 Å². The third kappa shape index (κ3) is 6.23. The topological polar surface area (TPSA) is 125 Å². The molecule has 0 aromatic heterocycles. The van der Waals surface area contributed by atoms with E-state index in [-0.39, 0.29) is 31.5 Å². The molecule has 0 saturated carbocycles. The van der Waals surface area contributed by atoms with Crippen LogP contribution in [0.2, 0.25) is 0 Å². The van der Waals surface area contributed by atoms with E-state index in [2.05, 4.69) is 17.2 Å². The molecule has 2 unspecified atom stereocenters. The number of primary amides is 1. The summed E-state index contributed by atoms with van der Waals surface area (Å²) >= 11 is 0. The first-order valence-corrected chi connectivity index (χ1v) is 8.29. The van der Waals surface area contributed by atoms with E-state index in [4.69, 9.17) is 5.73 Å². The Hall–Kier alpha value is -2.84. The van der Waals surface area contributed by atoms with Crippen LogP contribution in [-0.2, 0) is 14.4 Å². The van der Waals surface area contributed by atoms with Crippen LogP contribution in [0.4, 0.5) is 4.79 Å². The summed E-state index contributed by atoms with van der Waals surface area (Å²) in [5.74, 6) is -1.35. The highest BCUT2D eigenvalue weighted by atomic mass is 16.2. The number of nitrogens with one attached hydrogen (secondary N) is 2. The normalized spacial score (nSPS) is 18.7. The fourth-order valence-electron chi connectivity index (χ4n) is 2.72. The van der Waals surface area contributed by atoms with Crippen LogP contribution in [0.25, 0.3) is 0 Å². The second-order valence-corrected chi connectivity index (χ2v) is 6.46. The van der Waals surface area contributed by atoms with Crippen LogP contribution in [0.3, 0.4) is 0 Å². The molecule has 5 amide bonds. The monoisotopic (exact) mass is 365 g/mol. The summed E-state index contributed by atoms with van der Waals surface area (Å²) < 4.78 is 0. The molecule has 0 aromatic rings. The van der Waals surface area contributed by atoms with Crippen LogP contribution < -0.4 is 16.4 Å². The van der Waals surface area contributed by atoms with Gasteiger partial charge in [0.1, 0.15) is 6.04 Å². The number of hydrogen-bond donors (Lipinski definition) is 3. The first-order valence-electron chi connectivity index (χ1n) is 8.29. The van der Waals surface area contributed by atoms with Gasteiger partial charge in [0.2, 0.25) is 17.7 Å². The standard InChI is InChI=1S/C17H27N5O4/c1-5-6-19-17(26)20-12-8-13(16(25)21(4)10-14(18)23)22(9-12)15(24)7-11(2)3/h5,7,12-13H,1,6,8-10H2,2-4H3,(H2,18,23)(H2,19,20,26). The molecule has 1 fully saturated rings. The van der Waals surface area contributed by atoms with Crippen molar-refractivity contribution in [2.24, 2.45) is 5.73 Å². The minimum absolute atomic E-state index is 0.199. The molecular formula is C17H27N5O4. The van der Waals surface area contributed by atoms with Gasteiger partial charge < -0.3 is 26.2 Å². The maximum atomic E-state index is 12.6. The van der Waals surface area contributed by atoms with Crippen molar-refractivity contribution in [3.8, 4) is 0 Å². The van der Waals surface area contributed by atoms with Crippen molar-refractivity contribution in [2.45, 2.75) is 32.4 Å². The average molecular weight is 365 g/mol. The van der Waals surface area contributed by atoms with E-state index in [9.17, 15) is 19.2 Å². The van der Waals surface area contributed by atoms with Crippen LogP contribution in [0.5, 0.6) is 0 Å². The lowest BCUT2D eigenvalue weighted by Crippen LogP contribution is -2.48. The molecule has 0 bridgehead atoms. The lowest BCUT2D eigenvalue weighted by molar-refractivity contribution is -0.142. The second kappa shape index (κ2) is 9.59. The van der Waals surface area contributed by atoms with E-state index in [1.54, 1.807) is 19.9 Å². The van der Waals surface area contributed by atoms with Gasteiger partial charge in [-0.25, -0.2) is 4.79 Å². The number of carbonyl (C=O) groups is 4. The van der Waals surface area contributed by atoms with Crippen molar-refractivity contribution in [2.75, 3.05) is 26.7 Å². The summed E-state index contributed by atoms with van der Waals surface area (Å²) in [6, 6.07) is -1.56. The Balaban J connectivity index is 2.91. The van der Waals surface area contributed by atoms with Gasteiger partial charge in [-0.2, -0.15) is 0 Å². The molecule has 1 heterocycles. The van der Waals surface area contributed by atoms with Gasteiger partial charge in [-0.3, -0.25) is 14.4 Å². The molecule has 144 valence electrons. The number of nitrogens with two attached hydrogens (primary N) is 1. The Morgan fingerprint density at radius 2 is 1.96 bits per heavy atom. The first-order chi connectivity index (χ1) is 12.1. The van der Waals surface area contributed by atoms with Gasteiger partial charge in [-0.05, 0) is 20.3 Å². The molecular weight excluding hydrogens is 338 g/mol. The van der Waals surface area contributed by atoms with Crippen molar-refractivity contribution < 1.29 is 19.2 Å². The molecule has 0 aromatic carbocycles. The molecule has 26 heavy (non-hydrogen) atoms. The number of urea groups is 1. The first kappa shape index (κ1) is 21.2.